The lowest BCUT2D eigenvalue weighted by Gasteiger charge is -2.48. The van der Waals surface area contributed by atoms with E-state index >= 15 is 0 Å². The SMILES string of the molecule is O=C(c1ccc(C(F)(F)F)cc1)N1CC2(CCN(c3cnc4cnn(CC(F)F)c4n3)C2)C1. The molecule has 2 aliphatic rings. The average Bonchev–Trinajstić information content (AvgIpc) is 3.36. The van der Waals surface area contributed by atoms with Gasteiger partial charge in [-0.15, -0.1) is 0 Å². The minimum Gasteiger partial charge on any atom is -0.355 e. The van der Waals surface area contributed by atoms with Crippen LogP contribution in [0.15, 0.2) is 36.7 Å². The first kappa shape index (κ1) is 21.5. The van der Waals surface area contributed by atoms with Crippen molar-refractivity contribution in [3.05, 3.63) is 47.8 Å². The smallest absolute Gasteiger partial charge is 0.355 e. The van der Waals surface area contributed by atoms with Crippen LogP contribution in [0.4, 0.5) is 27.8 Å². The number of rotatable bonds is 4. The Hall–Kier alpha value is -3.31. The first-order chi connectivity index (χ1) is 15.6. The van der Waals surface area contributed by atoms with E-state index in [4.69, 9.17) is 0 Å². The third-order valence-corrected chi connectivity index (χ3v) is 6.20. The number of carbonyl (C=O) groups is 1. The molecule has 2 aliphatic heterocycles. The number of likely N-dealkylation sites (tertiary alicyclic amines) is 1. The van der Waals surface area contributed by atoms with Gasteiger partial charge in [-0.05, 0) is 30.7 Å². The van der Waals surface area contributed by atoms with Crippen LogP contribution in [0.25, 0.3) is 11.2 Å². The third-order valence-electron chi connectivity index (χ3n) is 6.20. The summed E-state index contributed by atoms with van der Waals surface area (Å²) in [7, 11) is 0. The monoisotopic (exact) mass is 466 g/mol. The molecule has 0 unspecified atom stereocenters. The zero-order chi connectivity index (χ0) is 23.4. The Morgan fingerprint density at radius 1 is 1.09 bits per heavy atom. The van der Waals surface area contributed by atoms with Crippen LogP contribution in [0, 0.1) is 5.41 Å². The number of amides is 1. The molecule has 1 amide bonds. The lowest BCUT2D eigenvalue weighted by Crippen LogP contribution is -2.59. The van der Waals surface area contributed by atoms with Gasteiger partial charge in [-0.2, -0.15) is 18.3 Å². The summed E-state index contributed by atoms with van der Waals surface area (Å²) in [6, 6.07) is 4.22. The molecule has 12 heteroatoms. The van der Waals surface area contributed by atoms with Gasteiger partial charge in [-0.3, -0.25) is 4.79 Å². The maximum atomic E-state index is 12.8. The Morgan fingerprint density at radius 3 is 2.48 bits per heavy atom. The number of fused-ring (bicyclic) bond motifs is 1. The topological polar surface area (TPSA) is 67.2 Å². The highest BCUT2D eigenvalue weighted by molar-refractivity contribution is 5.95. The molecule has 33 heavy (non-hydrogen) atoms. The molecule has 2 fully saturated rings. The largest absolute Gasteiger partial charge is 0.416 e. The predicted octanol–water partition coefficient (Wildman–Crippen LogP) is 3.46. The van der Waals surface area contributed by atoms with Crippen molar-refractivity contribution in [2.45, 2.75) is 25.6 Å². The van der Waals surface area contributed by atoms with E-state index in [1.54, 1.807) is 11.1 Å². The minimum absolute atomic E-state index is 0.137. The van der Waals surface area contributed by atoms with Crippen LogP contribution in [0.5, 0.6) is 0 Å². The number of alkyl halides is 5. The second kappa shape index (κ2) is 7.63. The highest BCUT2D eigenvalue weighted by Gasteiger charge is 2.49. The Morgan fingerprint density at radius 2 is 1.82 bits per heavy atom. The van der Waals surface area contributed by atoms with Gasteiger partial charge in [0.1, 0.15) is 17.9 Å². The maximum absolute atomic E-state index is 12.8. The summed E-state index contributed by atoms with van der Waals surface area (Å²) in [5, 5.41) is 3.92. The summed E-state index contributed by atoms with van der Waals surface area (Å²) >= 11 is 0. The van der Waals surface area contributed by atoms with Crippen LogP contribution in [0.3, 0.4) is 0 Å². The molecule has 4 heterocycles. The van der Waals surface area contributed by atoms with Crippen LogP contribution in [-0.4, -0.2) is 63.2 Å². The fourth-order valence-corrected chi connectivity index (χ4v) is 4.54. The first-order valence-electron chi connectivity index (χ1n) is 10.3. The molecule has 0 saturated carbocycles. The van der Waals surface area contributed by atoms with Crippen LogP contribution in [0.1, 0.15) is 22.3 Å². The minimum atomic E-state index is -4.45. The van der Waals surface area contributed by atoms with E-state index in [-0.39, 0.29) is 16.9 Å². The Kier molecular flexibility index (Phi) is 4.98. The normalized spacial score (nSPS) is 17.9. The van der Waals surface area contributed by atoms with Crippen molar-refractivity contribution in [2.75, 3.05) is 31.1 Å². The summed E-state index contributed by atoms with van der Waals surface area (Å²) in [5.74, 6) is 0.257. The number of carbonyl (C=O) groups excluding carboxylic acids is 1. The number of nitrogens with zero attached hydrogens (tertiary/aromatic N) is 6. The molecular formula is C21H19F5N6O. The molecule has 0 aliphatic carbocycles. The van der Waals surface area contributed by atoms with Gasteiger partial charge in [0, 0.05) is 37.2 Å². The van der Waals surface area contributed by atoms with Crippen molar-refractivity contribution in [3.63, 3.8) is 0 Å². The van der Waals surface area contributed by atoms with Crippen LogP contribution in [0.2, 0.25) is 0 Å². The molecule has 0 radical (unpaired) electrons. The van der Waals surface area contributed by atoms with Gasteiger partial charge in [0.2, 0.25) is 0 Å². The summed E-state index contributed by atoms with van der Waals surface area (Å²) < 4.78 is 64.9. The molecule has 0 bridgehead atoms. The van der Waals surface area contributed by atoms with Crippen LogP contribution < -0.4 is 4.90 Å². The zero-order valence-corrected chi connectivity index (χ0v) is 17.3. The fourth-order valence-electron chi connectivity index (χ4n) is 4.54. The molecule has 1 aromatic carbocycles. The van der Waals surface area contributed by atoms with Gasteiger partial charge < -0.3 is 9.80 Å². The van der Waals surface area contributed by atoms with Gasteiger partial charge in [-0.1, -0.05) is 0 Å². The zero-order valence-electron chi connectivity index (χ0n) is 17.3. The van der Waals surface area contributed by atoms with E-state index in [0.717, 1.165) is 23.2 Å². The number of aromatic nitrogens is 4. The van der Waals surface area contributed by atoms with E-state index in [0.29, 0.717) is 43.2 Å². The molecule has 1 spiro atoms. The molecule has 3 aromatic rings. The quantitative estimate of drug-likeness (QED) is 0.551. The van der Waals surface area contributed by atoms with Crippen LogP contribution in [-0.2, 0) is 12.7 Å². The number of halogens is 5. The highest BCUT2D eigenvalue weighted by Crippen LogP contribution is 2.41. The first-order valence-corrected chi connectivity index (χ1v) is 10.3. The van der Waals surface area contributed by atoms with Gasteiger partial charge in [0.25, 0.3) is 12.3 Å². The fraction of sp³-hybridized carbons (Fsp3) is 0.429. The van der Waals surface area contributed by atoms with Crippen LogP contribution >= 0.6 is 0 Å². The predicted molar refractivity (Wildman–Crippen MR) is 108 cm³/mol. The summed E-state index contributed by atoms with van der Waals surface area (Å²) in [5.41, 5.74) is 0.0168. The second-order valence-electron chi connectivity index (χ2n) is 8.56. The van der Waals surface area contributed by atoms with Crippen molar-refractivity contribution in [3.8, 4) is 0 Å². The van der Waals surface area contributed by atoms with Gasteiger partial charge in [0.15, 0.2) is 5.65 Å². The van der Waals surface area contributed by atoms with Crippen molar-refractivity contribution in [1.82, 2.24) is 24.6 Å². The third kappa shape index (κ3) is 3.98. The Labute approximate surface area is 184 Å². The van der Waals surface area contributed by atoms with Crippen molar-refractivity contribution in [2.24, 2.45) is 5.41 Å². The van der Waals surface area contributed by atoms with Gasteiger partial charge >= 0.3 is 6.18 Å². The molecule has 2 saturated heterocycles. The number of benzene rings is 1. The lowest BCUT2D eigenvalue weighted by molar-refractivity contribution is -0.137. The number of anilines is 1. The van der Waals surface area contributed by atoms with E-state index in [9.17, 15) is 26.7 Å². The average molecular weight is 466 g/mol. The number of hydrogen-bond donors (Lipinski definition) is 0. The molecule has 0 atom stereocenters. The number of hydrogen-bond acceptors (Lipinski definition) is 5. The van der Waals surface area contributed by atoms with Crippen molar-refractivity contribution >= 4 is 22.9 Å². The van der Waals surface area contributed by atoms with Crippen molar-refractivity contribution < 1.29 is 26.7 Å². The summed E-state index contributed by atoms with van der Waals surface area (Å²) in [6.07, 6.45) is -3.22. The summed E-state index contributed by atoms with van der Waals surface area (Å²) in [6.45, 7) is 1.70. The second-order valence-corrected chi connectivity index (χ2v) is 8.56. The standard InChI is InChI=1S/C21H19F5N6O/c22-16(23)9-32-18-15(7-28-32)27-8-17(29-18)30-6-5-20(10-30)11-31(12-20)19(33)13-1-3-14(4-2-13)21(24,25)26/h1-4,7-8,16H,5-6,9-12H2. The molecule has 7 nitrogen and oxygen atoms in total. The van der Waals surface area contributed by atoms with Gasteiger partial charge in [-0.25, -0.2) is 23.4 Å². The summed E-state index contributed by atoms with van der Waals surface area (Å²) in [4.78, 5) is 25.0. The Balaban J connectivity index is 1.24. The van der Waals surface area contributed by atoms with Crippen molar-refractivity contribution in [1.29, 1.82) is 0 Å². The highest BCUT2D eigenvalue weighted by atomic mass is 19.4. The molecule has 5 rings (SSSR count). The molecule has 0 N–H and O–H groups in total. The van der Waals surface area contributed by atoms with E-state index < -0.39 is 24.7 Å². The van der Waals surface area contributed by atoms with E-state index in [2.05, 4.69) is 15.1 Å². The van der Waals surface area contributed by atoms with E-state index in [1.165, 1.54) is 18.3 Å². The van der Waals surface area contributed by atoms with E-state index in [1.807, 2.05) is 4.90 Å². The molecular weight excluding hydrogens is 447 g/mol. The Bertz CT molecular complexity index is 1190. The molecule has 174 valence electrons. The lowest BCUT2D eigenvalue weighted by atomic mass is 9.78. The molecule has 2 aromatic heterocycles. The van der Waals surface area contributed by atoms with Gasteiger partial charge in [0.05, 0.1) is 18.0 Å². The maximum Gasteiger partial charge on any atom is 0.416 e.